The first-order valence-electron chi connectivity index (χ1n) is 9.46. The van der Waals surface area contributed by atoms with Gasteiger partial charge in [0.1, 0.15) is 5.75 Å². The number of methoxy groups -OCH3 is 1. The van der Waals surface area contributed by atoms with Crippen LogP contribution in [-0.4, -0.2) is 27.8 Å². The highest BCUT2D eigenvalue weighted by molar-refractivity contribution is 6.39. The molecule has 0 spiro atoms. The summed E-state index contributed by atoms with van der Waals surface area (Å²) >= 11 is 6.64. The van der Waals surface area contributed by atoms with Crippen LogP contribution >= 0.6 is 11.6 Å². The molecule has 1 amide bonds. The zero-order valence-electron chi connectivity index (χ0n) is 17.2. The van der Waals surface area contributed by atoms with Crippen molar-refractivity contribution in [3.05, 3.63) is 76.1 Å². The summed E-state index contributed by atoms with van der Waals surface area (Å²) in [7, 11) is 1.62. The van der Waals surface area contributed by atoms with E-state index in [2.05, 4.69) is 15.4 Å². The molecular weight excluding hydrogens is 400 g/mol. The Bertz CT molecular complexity index is 1260. The number of rotatable bonds is 4. The number of hydrogen-bond donors (Lipinski definition) is 1. The lowest BCUT2D eigenvalue weighted by atomic mass is 10.1. The van der Waals surface area contributed by atoms with Crippen LogP contribution in [0.25, 0.3) is 16.7 Å². The summed E-state index contributed by atoms with van der Waals surface area (Å²) in [4.78, 5) is 17.4. The van der Waals surface area contributed by atoms with Gasteiger partial charge in [-0.05, 0) is 68.3 Å². The van der Waals surface area contributed by atoms with Crippen LogP contribution in [0.2, 0.25) is 5.02 Å². The van der Waals surface area contributed by atoms with Crippen LogP contribution in [0.15, 0.2) is 48.7 Å². The van der Waals surface area contributed by atoms with E-state index in [1.807, 2.05) is 63.2 Å². The topological polar surface area (TPSA) is 69.0 Å². The number of fused-ring (bicyclic) bond motifs is 1. The van der Waals surface area contributed by atoms with Crippen LogP contribution in [0.3, 0.4) is 0 Å². The Hall–Kier alpha value is -3.38. The summed E-state index contributed by atoms with van der Waals surface area (Å²) in [6.45, 7) is 5.88. The van der Waals surface area contributed by atoms with Crippen molar-refractivity contribution in [1.82, 2.24) is 14.8 Å². The van der Waals surface area contributed by atoms with Gasteiger partial charge >= 0.3 is 0 Å². The Morgan fingerprint density at radius 1 is 1.07 bits per heavy atom. The highest BCUT2D eigenvalue weighted by Crippen LogP contribution is 2.31. The molecule has 4 aromatic rings. The number of carbonyl (C=O) groups is 1. The lowest BCUT2D eigenvalue weighted by Gasteiger charge is -2.10. The van der Waals surface area contributed by atoms with E-state index in [0.29, 0.717) is 33.0 Å². The number of nitrogens with one attached hydrogen (secondary N) is 1. The number of hydrogen-bond acceptors (Lipinski definition) is 4. The van der Waals surface area contributed by atoms with Gasteiger partial charge in [0.15, 0.2) is 5.65 Å². The Balaban J connectivity index is 1.72. The van der Waals surface area contributed by atoms with E-state index in [-0.39, 0.29) is 5.91 Å². The van der Waals surface area contributed by atoms with Gasteiger partial charge in [-0.3, -0.25) is 4.79 Å². The standard InChI is InChI=1S/C23H21ClN4O2/c1-13-5-6-16(11-14(13)2)26-23(29)19-12-25-22-20(21(19)24)15(3)27-28(22)17-7-9-18(30-4)10-8-17/h5-12H,1-4H3,(H,26,29). The Kier molecular flexibility index (Phi) is 5.18. The first-order valence-corrected chi connectivity index (χ1v) is 9.83. The molecule has 152 valence electrons. The maximum Gasteiger partial charge on any atom is 0.258 e. The average Bonchev–Trinajstić information content (AvgIpc) is 3.08. The molecule has 0 saturated carbocycles. The third kappa shape index (κ3) is 3.50. The van der Waals surface area contributed by atoms with Crippen LogP contribution in [0.5, 0.6) is 5.75 Å². The normalized spacial score (nSPS) is 11.0. The highest BCUT2D eigenvalue weighted by atomic mass is 35.5. The maximum absolute atomic E-state index is 12.9. The molecule has 0 bridgehead atoms. The second-order valence-electron chi connectivity index (χ2n) is 7.13. The van der Waals surface area contributed by atoms with Crippen molar-refractivity contribution in [2.24, 2.45) is 0 Å². The third-order valence-corrected chi connectivity index (χ3v) is 5.53. The van der Waals surface area contributed by atoms with Gasteiger partial charge in [0.05, 0.1) is 34.5 Å². The molecule has 2 heterocycles. The van der Waals surface area contributed by atoms with Crippen molar-refractivity contribution in [3.63, 3.8) is 0 Å². The molecule has 7 heteroatoms. The smallest absolute Gasteiger partial charge is 0.258 e. The van der Waals surface area contributed by atoms with E-state index in [0.717, 1.165) is 22.6 Å². The second-order valence-corrected chi connectivity index (χ2v) is 7.51. The molecule has 0 atom stereocenters. The van der Waals surface area contributed by atoms with E-state index in [1.54, 1.807) is 11.8 Å². The number of ether oxygens (including phenoxy) is 1. The van der Waals surface area contributed by atoms with Gasteiger partial charge in [0, 0.05) is 11.9 Å². The molecule has 0 aliphatic heterocycles. The lowest BCUT2D eigenvalue weighted by molar-refractivity contribution is 0.102. The van der Waals surface area contributed by atoms with Crippen LogP contribution < -0.4 is 10.1 Å². The van der Waals surface area contributed by atoms with Crippen LogP contribution in [0.4, 0.5) is 5.69 Å². The highest BCUT2D eigenvalue weighted by Gasteiger charge is 2.20. The molecule has 0 aliphatic rings. The molecule has 0 unspecified atom stereocenters. The minimum atomic E-state index is -0.311. The van der Waals surface area contributed by atoms with Gasteiger partial charge in [0.25, 0.3) is 5.91 Å². The number of benzene rings is 2. The number of nitrogens with zero attached hydrogens (tertiary/aromatic N) is 3. The number of carbonyl (C=O) groups excluding carboxylic acids is 1. The minimum Gasteiger partial charge on any atom is -0.497 e. The number of aromatic nitrogens is 3. The van der Waals surface area contributed by atoms with Gasteiger partial charge in [-0.2, -0.15) is 5.10 Å². The summed E-state index contributed by atoms with van der Waals surface area (Å²) < 4.78 is 6.92. The fraction of sp³-hybridized carbons (Fsp3) is 0.174. The summed E-state index contributed by atoms with van der Waals surface area (Å²) in [5, 5.41) is 8.46. The lowest BCUT2D eigenvalue weighted by Crippen LogP contribution is -2.13. The van der Waals surface area contributed by atoms with Crippen molar-refractivity contribution >= 4 is 34.2 Å². The Morgan fingerprint density at radius 3 is 2.47 bits per heavy atom. The molecular formula is C23H21ClN4O2. The van der Waals surface area contributed by atoms with Crippen LogP contribution in [-0.2, 0) is 0 Å². The molecule has 30 heavy (non-hydrogen) atoms. The summed E-state index contributed by atoms with van der Waals surface area (Å²) in [6, 6.07) is 13.3. The van der Waals surface area contributed by atoms with E-state index < -0.39 is 0 Å². The third-order valence-electron chi connectivity index (χ3n) is 5.13. The van der Waals surface area contributed by atoms with E-state index in [4.69, 9.17) is 16.3 Å². The molecule has 2 aromatic carbocycles. The first-order chi connectivity index (χ1) is 14.4. The number of anilines is 1. The van der Waals surface area contributed by atoms with Crippen molar-refractivity contribution in [3.8, 4) is 11.4 Å². The molecule has 6 nitrogen and oxygen atoms in total. The predicted molar refractivity (Wildman–Crippen MR) is 119 cm³/mol. The number of halogens is 1. The van der Waals surface area contributed by atoms with Crippen LogP contribution in [0, 0.1) is 20.8 Å². The number of amides is 1. The first kappa shape index (κ1) is 19.9. The van der Waals surface area contributed by atoms with E-state index in [9.17, 15) is 4.79 Å². The van der Waals surface area contributed by atoms with Gasteiger partial charge in [0.2, 0.25) is 0 Å². The number of aryl methyl sites for hydroxylation is 3. The second kappa shape index (κ2) is 7.80. The molecule has 0 aliphatic carbocycles. The number of pyridine rings is 1. The summed E-state index contributed by atoms with van der Waals surface area (Å²) in [6.07, 6.45) is 1.49. The summed E-state index contributed by atoms with van der Waals surface area (Å²) in [5.74, 6) is 0.442. The fourth-order valence-electron chi connectivity index (χ4n) is 3.29. The van der Waals surface area contributed by atoms with Crippen molar-refractivity contribution < 1.29 is 9.53 Å². The van der Waals surface area contributed by atoms with Gasteiger partial charge in [-0.1, -0.05) is 17.7 Å². The van der Waals surface area contributed by atoms with Crippen LogP contribution in [0.1, 0.15) is 27.2 Å². The average molecular weight is 421 g/mol. The van der Waals surface area contributed by atoms with Crippen molar-refractivity contribution in [2.45, 2.75) is 20.8 Å². The zero-order valence-corrected chi connectivity index (χ0v) is 17.9. The molecule has 0 radical (unpaired) electrons. The Labute approximate surface area is 179 Å². The van der Waals surface area contributed by atoms with Gasteiger partial charge < -0.3 is 10.1 Å². The molecule has 1 N–H and O–H groups in total. The van der Waals surface area contributed by atoms with Gasteiger partial charge in [-0.25, -0.2) is 9.67 Å². The monoisotopic (exact) mass is 420 g/mol. The molecule has 0 saturated heterocycles. The quantitative estimate of drug-likeness (QED) is 0.489. The molecule has 0 fully saturated rings. The Morgan fingerprint density at radius 2 is 1.80 bits per heavy atom. The fourth-order valence-corrected chi connectivity index (χ4v) is 3.64. The maximum atomic E-state index is 12.9. The molecule has 2 aromatic heterocycles. The SMILES string of the molecule is COc1ccc(-n2nc(C)c3c(Cl)c(C(=O)Nc4ccc(C)c(C)c4)cnc32)cc1. The molecule has 4 rings (SSSR count). The van der Waals surface area contributed by atoms with Crippen molar-refractivity contribution in [2.75, 3.05) is 12.4 Å². The van der Waals surface area contributed by atoms with E-state index >= 15 is 0 Å². The summed E-state index contributed by atoms with van der Waals surface area (Å²) in [5.41, 5.74) is 5.39. The zero-order chi connectivity index (χ0) is 21.4. The van der Waals surface area contributed by atoms with Gasteiger partial charge in [-0.15, -0.1) is 0 Å². The minimum absolute atomic E-state index is 0.305. The predicted octanol–water partition coefficient (Wildman–Crippen LogP) is 5.26. The van der Waals surface area contributed by atoms with Crippen molar-refractivity contribution in [1.29, 1.82) is 0 Å². The largest absolute Gasteiger partial charge is 0.497 e. The van der Waals surface area contributed by atoms with E-state index in [1.165, 1.54) is 6.20 Å².